The van der Waals surface area contributed by atoms with Gasteiger partial charge in [0.05, 0.1) is 6.10 Å². The highest BCUT2D eigenvalue weighted by atomic mass is 16.3. The Bertz CT molecular complexity index is 2410. The molecule has 0 spiro atoms. The average Bonchev–Trinajstić information content (AvgIpc) is 2.39. The predicted octanol–water partition coefficient (Wildman–Crippen LogP) is 3.78. The van der Waals surface area contributed by atoms with Gasteiger partial charge in [-0.25, -0.2) is 0 Å². The van der Waals surface area contributed by atoms with E-state index in [4.69, 9.17) is 0 Å². The second-order valence-corrected chi connectivity index (χ2v) is 26.2. The zero-order valence-corrected chi connectivity index (χ0v) is 56.6. The first kappa shape index (κ1) is 77.6. The highest BCUT2D eigenvalue weighted by molar-refractivity contribution is 6.02. The van der Waals surface area contributed by atoms with Crippen molar-refractivity contribution in [2.45, 2.75) is 223 Å². The van der Waals surface area contributed by atoms with Crippen molar-refractivity contribution in [2.75, 3.05) is 49.3 Å². The number of allylic oxidation sites excluding steroid dienone is 2. The summed E-state index contributed by atoms with van der Waals surface area (Å²) in [6.45, 7) is 33.7. The number of rotatable bonds is 15. The van der Waals surface area contributed by atoms with Gasteiger partial charge < -0.3 is 60.7 Å². The van der Waals surface area contributed by atoms with Crippen LogP contribution in [0.15, 0.2) is 24.4 Å². The maximum absolute atomic E-state index is 15.2. The third-order valence-electron chi connectivity index (χ3n) is 16.2. The van der Waals surface area contributed by atoms with E-state index in [2.05, 4.69) is 27.8 Å². The smallest absolute Gasteiger partial charge is 0.270 e. The highest BCUT2D eigenvalue weighted by Gasteiger charge is 2.46. The second kappa shape index (κ2) is 34.8. The van der Waals surface area contributed by atoms with E-state index < -0.39 is 149 Å². The lowest BCUT2D eigenvalue weighted by atomic mass is 9.91. The Morgan fingerprint density at radius 1 is 0.465 bits per heavy atom. The molecule has 0 radical (unpaired) electrons. The van der Waals surface area contributed by atoms with E-state index in [9.17, 15) is 48.3 Å². The van der Waals surface area contributed by atoms with Gasteiger partial charge in [-0.05, 0) is 101 Å². The molecule has 12 atom stereocenters. The van der Waals surface area contributed by atoms with Crippen molar-refractivity contribution in [1.29, 1.82) is 0 Å². The second-order valence-electron chi connectivity index (χ2n) is 26.2. The van der Waals surface area contributed by atoms with Gasteiger partial charge in [-0.3, -0.25) is 52.7 Å². The van der Waals surface area contributed by atoms with E-state index in [1.807, 2.05) is 55.4 Å². The van der Waals surface area contributed by atoms with E-state index in [1.165, 1.54) is 82.8 Å². The molecule has 490 valence electrons. The van der Waals surface area contributed by atoms with Crippen LogP contribution < -0.4 is 21.3 Å². The molecule has 0 aromatic carbocycles. The van der Waals surface area contributed by atoms with E-state index in [1.54, 1.807) is 60.6 Å². The van der Waals surface area contributed by atoms with Crippen molar-refractivity contribution in [3.8, 4) is 0 Å². The number of nitrogens with one attached hydrogen (secondary N) is 4. The van der Waals surface area contributed by atoms with Crippen LogP contribution in [0.2, 0.25) is 0 Å². The molecule has 11 amide bonds. The van der Waals surface area contributed by atoms with Gasteiger partial charge >= 0.3 is 0 Å². The third-order valence-corrected chi connectivity index (χ3v) is 16.2. The van der Waals surface area contributed by atoms with Gasteiger partial charge in [-0.2, -0.15) is 0 Å². The molecular formula is C63H111N11O12. The highest BCUT2D eigenvalue weighted by Crippen LogP contribution is 2.26. The number of likely N-dealkylation sites (N-methyl/N-ethyl adjacent to an activating group) is 7. The Balaban J connectivity index is 4.38. The van der Waals surface area contributed by atoms with Crippen LogP contribution in [0.3, 0.4) is 0 Å². The summed E-state index contributed by atoms with van der Waals surface area (Å²) in [5.41, 5.74) is -0.363. The van der Waals surface area contributed by atoms with E-state index in [0.29, 0.717) is 6.42 Å². The number of aliphatic hydroxyl groups excluding tert-OH is 1. The number of carbonyl (C=O) groups is 11. The molecule has 0 aliphatic carbocycles. The summed E-state index contributed by atoms with van der Waals surface area (Å²) in [6, 6.07) is -12.6. The van der Waals surface area contributed by atoms with Crippen molar-refractivity contribution in [3.63, 3.8) is 0 Å². The van der Waals surface area contributed by atoms with Gasteiger partial charge in [0.2, 0.25) is 59.1 Å². The van der Waals surface area contributed by atoms with E-state index in [0.717, 1.165) is 14.7 Å². The Kier molecular flexibility index (Phi) is 31.4. The van der Waals surface area contributed by atoms with Crippen LogP contribution >= 0.6 is 0 Å². The third kappa shape index (κ3) is 20.9. The molecule has 23 nitrogen and oxygen atoms in total. The first-order chi connectivity index (χ1) is 39.6. The first-order valence-electron chi connectivity index (χ1n) is 30.7. The molecule has 0 aromatic heterocycles. The predicted molar refractivity (Wildman–Crippen MR) is 333 cm³/mol. The van der Waals surface area contributed by atoms with Gasteiger partial charge in [0.15, 0.2) is 0 Å². The Hall–Kier alpha value is -6.39. The van der Waals surface area contributed by atoms with Gasteiger partial charge in [0.1, 0.15) is 66.1 Å². The van der Waals surface area contributed by atoms with Crippen LogP contribution in [0.25, 0.3) is 0 Å². The lowest BCUT2D eigenvalue weighted by Gasteiger charge is -2.41. The summed E-state index contributed by atoms with van der Waals surface area (Å²) in [6.07, 6.45) is 2.87. The Morgan fingerprint density at radius 3 is 1.31 bits per heavy atom. The van der Waals surface area contributed by atoms with Crippen LogP contribution in [0, 0.1) is 41.4 Å². The minimum Gasteiger partial charge on any atom is -0.390 e. The number of hydrogen-bond acceptors (Lipinski definition) is 12. The number of carbonyl (C=O) groups excluding carboxylic acids is 11. The molecule has 5 N–H and O–H groups in total. The number of aliphatic hydroxyl groups is 1. The normalized spacial score (nSPS) is 26.8. The van der Waals surface area contributed by atoms with Crippen molar-refractivity contribution >= 4 is 65.0 Å². The fourth-order valence-corrected chi connectivity index (χ4v) is 10.7. The van der Waals surface area contributed by atoms with Crippen LogP contribution in [-0.4, -0.2) is 220 Å². The largest absolute Gasteiger partial charge is 0.390 e. The van der Waals surface area contributed by atoms with Crippen LogP contribution in [0.5, 0.6) is 0 Å². The maximum Gasteiger partial charge on any atom is 0.270 e. The molecule has 1 saturated heterocycles. The van der Waals surface area contributed by atoms with Crippen molar-refractivity contribution < 1.29 is 57.8 Å². The van der Waals surface area contributed by atoms with Crippen molar-refractivity contribution in [1.82, 2.24) is 55.6 Å². The fraction of sp³-hybridized carbons (Fsp3) is 0.762. The van der Waals surface area contributed by atoms with Crippen LogP contribution in [0.1, 0.15) is 156 Å². The Morgan fingerprint density at radius 2 is 0.872 bits per heavy atom. The molecule has 0 bridgehead atoms. The zero-order valence-electron chi connectivity index (χ0n) is 56.6. The first-order valence-corrected chi connectivity index (χ1v) is 30.7. The van der Waals surface area contributed by atoms with Gasteiger partial charge in [-0.15, -0.1) is 0 Å². The SMILES string of the molecule is C=C1C(=O)N(C)[C@@H](CC(C)C)C(=O)N[C@H](C(C)C)C(=O)N(C)C(CC(C)C)C(=O)N[C@H](C)C(=O)N[C@@H](C)C(=O)N(C)[C@H](CC(C)C)C(=O)N(C)[C@H](CC(C)C)C(=O)N(C)[C@H](C(C)C)C(=O)N(C)[C@H]([C@H](O)[C@H](C)C/C=C/C)C(=O)N[C@H](CC)C(=O)N1C. The molecule has 1 aliphatic heterocycles. The summed E-state index contributed by atoms with van der Waals surface area (Å²) < 4.78 is 0. The van der Waals surface area contributed by atoms with Gasteiger partial charge in [0, 0.05) is 49.3 Å². The molecule has 86 heavy (non-hydrogen) atoms. The van der Waals surface area contributed by atoms with Gasteiger partial charge in [-0.1, -0.05) is 116 Å². The standard InChI is InChI=1S/C63H111N11O12/c1-26-28-29-40(15)52(75)51-56(79)66-44(27-2)59(82)68(19)43(18)58(81)69(20)46(31-35(5)6)55(78)67-49(38(11)12)62(85)70(21)45(30-34(3)4)54(77)64-41(16)53(76)65-42(17)57(80)71(22)47(32-36(7)8)60(83)72(23)48(33-37(9)10)61(84)73(24)50(39(13)14)63(86)74(51)25/h26,28,34-42,44-52,75H,18,27,29-33H2,1-17,19-25H3,(H,64,77)(H,65,76)(H,66,79)(H,67,78)/b28-26+/t40-,41-,42+,44-,45?,46+,47-,48-,49-,50-,51-,52-/m1/s1. The molecule has 1 heterocycles. The van der Waals surface area contributed by atoms with Crippen molar-refractivity contribution in [2.24, 2.45) is 41.4 Å². The summed E-state index contributed by atoms with van der Waals surface area (Å²) >= 11 is 0. The minimum atomic E-state index is -1.64. The monoisotopic (exact) mass is 1210 g/mol. The van der Waals surface area contributed by atoms with Gasteiger partial charge in [0.25, 0.3) is 5.91 Å². The van der Waals surface area contributed by atoms with E-state index >= 15 is 9.59 Å². The number of hydrogen-bond donors (Lipinski definition) is 5. The van der Waals surface area contributed by atoms with Crippen molar-refractivity contribution in [3.05, 3.63) is 24.4 Å². The maximum atomic E-state index is 15.2. The summed E-state index contributed by atoms with van der Waals surface area (Å²) in [5.74, 6) is -10.3. The molecule has 0 aromatic rings. The lowest BCUT2D eigenvalue weighted by molar-refractivity contribution is -0.157. The van der Waals surface area contributed by atoms with Crippen LogP contribution in [0.4, 0.5) is 0 Å². The number of amides is 11. The molecule has 1 fully saturated rings. The average molecular weight is 1210 g/mol. The van der Waals surface area contributed by atoms with Crippen LogP contribution in [-0.2, 0) is 52.7 Å². The van der Waals surface area contributed by atoms with E-state index in [-0.39, 0.29) is 61.5 Å². The molecule has 1 aliphatic rings. The minimum absolute atomic E-state index is 0.0255. The Labute approximate surface area is 514 Å². The quantitative estimate of drug-likeness (QED) is 0.116. The molecule has 0 saturated carbocycles. The molecule has 1 unspecified atom stereocenters. The zero-order chi connectivity index (χ0) is 66.8. The number of nitrogens with zero attached hydrogens (tertiary/aromatic N) is 7. The molecular weight excluding hydrogens is 1100 g/mol. The topological polar surface area (TPSA) is 279 Å². The molecule has 1 rings (SSSR count). The summed E-state index contributed by atoms with van der Waals surface area (Å²) in [4.78, 5) is 169. The fourth-order valence-electron chi connectivity index (χ4n) is 10.7. The molecule has 23 heteroatoms. The summed E-state index contributed by atoms with van der Waals surface area (Å²) in [7, 11) is 9.75. The lowest BCUT2D eigenvalue weighted by Crippen LogP contribution is -2.63. The summed E-state index contributed by atoms with van der Waals surface area (Å²) in [5, 5.41) is 23.0.